The fourth-order valence-electron chi connectivity index (χ4n) is 0.951. The van der Waals surface area contributed by atoms with Crippen LogP contribution >= 0.6 is 39.1 Å². The van der Waals surface area contributed by atoms with Crippen molar-refractivity contribution in [3.8, 4) is 0 Å². The van der Waals surface area contributed by atoms with Crippen molar-refractivity contribution < 1.29 is 4.74 Å². The molecular weight excluding hydrogens is 299 g/mol. The maximum absolute atomic E-state index is 5.82. The molecule has 0 heterocycles. The lowest BCUT2D eigenvalue weighted by molar-refractivity contribution is -0.00767. The topological polar surface area (TPSA) is 9.23 Å². The molecule has 1 aromatic rings. The third kappa shape index (κ3) is 4.31. The first-order chi connectivity index (χ1) is 7.09. The Kier molecular flexibility index (Phi) is 5.41. The molecule has 0 aliphatic heterocycles. The van der Waals surface area contributed by atoms with Crippen LogP contribution in [0.25, 0.3) is 0 Å². The predicted molar refractivity (Wildman–Crippen MR) is 69.2 cm³/mol. The van der Waals surface area contributed by atoms with E-state index in [0.29, 0.717) is 12.5 Å². The summed E-state index contributed by atoms with van der Waals surface area (Å²) in [6.45, 7) is 2.52. The van der Waals surface area contributed by atoms with Gasteiger partial charge in [-0.05, 0) is 24.6 Å². The van der Waals surface area contributed by atoms with E-state index in [1.54, 1.807) is 0 Å². The molecule has 4 heteroatoms. The van der Waals surface area contributed by atoms with E-state index >= 15 is 0 Å². The van der Waals surface area contributed by atoms with Crippen LogP contribution in [0.15, 0.2) is 24.3 Å². The molecule has 0 saturated heterocycles. The first kappa shape index (κ1) is 13.3. The number of alkyl halides is 2. The fourth-order valence-corrected chi connectivity index (χ4v) is 1.84. The van der Waals surface area contributed by atoms with E-state index in [1.165, 1.54) is 0 Å². The van der Waals surface area contributed by atoms with E-state index in [-0.39, 0.29) is 5.60 Å². The normalized spacial score (nSPS) is 14.9. The smallest absolute Gasteiger partial charge is 0.0890 e. The number of benzene rings is 1. The molecule has 1 nitrogen and oxygen atoms in total. The van der Waals surface area contributed by atoms with Gasteiger partial charge in [-0.15, -0.1) is 11.6 Å². The minimum atomic E-state index is -0.318. The highest BCUT2D eigenvalue weighted by atomic mass is 79.9. The molecule has 0 aromatic heterocycles. The molecule has 0 aliphatic rings. The molecule has 0 amide bonds. The van der Waals surface area contributed by atoms with Gasteiger partial charge in [0.25, 0.3) is 0 Å². The Labute approximate surface area is 109 Å². The molecule has 1 aromatic carbocycles. The van der Waals surface area contributed by atoms with Crippen LogP contribution in [0.1, 0.15) is 12.5 Å². The van der Waals surface area contributed by atoms with Crippen LogP contribution in [0.2, 0.25) is 5.02 Å². The highest BCUT2D eigenvalue weighted by molar-refractivity contribution is 9.09. The van der Waals surface area contributed by atoms with Gasteiger partial charge in [-0.1, -0.05) is 39.7 Å². The Morgan fingerprint density at radius 2 is 1.93 bits per heavy atom. The minimum Gasteiger partial charge on any atom is -0.368 e. The molecule has 1 rings (SSSR count). The molecule has 0 spiro atoms. The van der Waals surface area contributed by atoms with Crippen molar-refractivity contribution in [1.29, 1.82) is 0 Å². The summed E-state index contributed by atoms with van der Waals surface area (Å²) >= 11 is 15.0. The van der Waals surface area contributed by atoms with E-state index < -0.39 is 0 Å². The average Bonchev–Trinajstić information content (AvgIpc) is 2.28. The molecule has 0 fully saturated rings. The quantitative estimate of drug-likeness (QED) is 0.739. The largest absolute Gasteiger partial charge is 0.368 e. The molecule has 0 N–H and O–H groups in total. The van der Waals surface area contributed by atoms with Crippen molar-refractivity contribution in [3.63, 3.8) is 0 Å². The van der Waals surface area contributed by atoms with E-state index in [2.05, 4.69) is 15.9 Å². The Hall–Kier alpha value is 0.240. The van der Waals surface area contributed by atoms with E-state index in [0.717, 1.165) is 15.9 Å². The van der Waals surface area contributed by atoms with Crippen LogP contribution in [0, 0.1) is 0 Å². The maximum atomic E-state index is 5.82. The summed E-state index contributed by atoms with van der Waals surface area (Å²) in [6, 6.07) is 7.61. The van der Waals surface area contributed by atoms with Crippen molar-refractivity contribution in [1.82, 2.24) is 0 Å². The van der Waals surface area contributed by atoms with Crippen LogP contribution in [0.4, 0.5) is 0 Å². The number of rotatable bonds is 5. The molecule has 0 radical (unpaired) electrons. The van der Waals surface area contributed by atoms with Gasteiger partial charge in [0.1, 0.15) is 0 Å². The first-order valence-electron chi connectivity index (χ1n) is 4.60. The van der Waals surface area contributed by atoms with Gasteiger partial charge >= 0.3 is 0 Å². The second-order valence-corrected chi connectivity index (χ2v) is 4.90. The van der Waals surface area contributed by atoms with Crippen molar-refractivity contribution >= 4 is 39.1 Å². The summed E-state index contributed by atoms with van der Waals surface area (Å²) < 4.78 is 5.73. The highest BCUT2D eigenvalue weighted by Crippen LogP contribution is 2.19. The van der Waals surface area contributed by atoms with Gasteiger partial charge in [-0.3, -0.25) is 0 Å². The third-order valence-corrected chi connectivity index (χ3v) is 4.07. The summed E-state index contributed by atoms with van der Waals surface area (Å²) in [5, 5.41) is 1.45. The molecule has 15 heavy (non-hydrogen) atoms. The van der Waals surface area contributed by atoms with Gasteiger partial charge in [-0.25, -0.2) is 0 Å². The highest BCUT2D eigenvalue weighted by Gasteiger charge is 2.22. The Balaban J connectivity index is 2.53. The molecule has 0 bridgehead atoms. The van der Waals surface area contributed by atoms with Gasteiger partial charge in [0.2, 0.25) is 0 Å². The number of ether oxygens (including phenoxy) is 1. The SMILES string of the molecule is CC(CCl)(CBr)OCc1ccc(Cl)cc1. The van der Waals surface area contributed by atoms with Gasteiger partial charge in [0.15, 0.2) is 0 Å². The lowest BCUT2D eigenvalue weighted by Crippen LogP contribution is -2.32. The van der Waals surface area contributed by atoms with Gasteiger partial charge in [-0.2, -0.15) is 0 Å². The standard InChI is InChI=1S/C11H13BrCl2O/c1-11(7-12,8-13)15-6-9-2-4-10(14)5-3-9/h2-5H,6-8H2,1H3. The lowest BCUT2D eigenvalue weighted by Gasteiger charge is -2.25. The Morgan fingerprint density at radius 3 is 2.40 bits per heavy atom. The van der Waals surface area contributed by atoms with Crippen LogP contribution in [0.5, 0.6) is 0 Å². The summed E-state index contributed by atoms with van der Waals surface area (Å²) in [6.07, 6.45) is 0. The third-order valence-electron chi connectivity index (χ3n) is 2.07. The van der Waals surface area contributed by atoms with Crippen LogP contribution in [0.3, 0.4) is 0 Å². The predicted octanol–water partition coefficient (Wildman–Crippen LogP) is 4.25. The zero-order valence-electron chi connectivity index (χ0n) is 8.47. The van der Waals surface area contributed by atoms with Crippen LogP contribution < -0.4 is 0 Å². The molecule has 1 atom stereocenters. The molecule has 1 unspecified atom stereocenters. The molecule has 0 saturated carbocycles. The molecular formula is C11H13BrCl2O. The average molecular weight is 312 g/mol. The first-order valence-corrected chi connectivity index (χ1v) is 6.63. The van der Waals surface area contributed by atoms with Crippen molar-refractivity contribution in [2.75, 3.05) is 11.2 Å². The summed E-state index contributed by atoms with van der Waals surface area (Å²) in [5.41, 5.74) is 0.776. The zero-order valence-corrected chi connectivity index (χ0v) is 11.6. The van der Waals surface area contributed by atoms with E-state index in [9.17, 15) is 0 Å². The van der Waals surface area contributed by atoms with E-state index in [4.69, 9.17) is 27.9 Å². The maximum Gasteiger partial charge on any atom is 0.0890 e. The summed E-state index contributed by atoms with van der Waals surface area (Å²) in [7, 11) is 0. The van der Waals surface area contributed by atoms with Crippen molar-refractivity contribution in [3.05, 3.63) is 34.9 Å². The van der Waals surface area contributed by atoms with Gasteiger partial charge in [0.05, 0.1) is 18.1 Å². The number of hydrogen-bond acceptors (Lipinski definition) is 1. The Bertz CT molecular complexity index is 296. The van der Waals surface area contributed by atoms with Crippen molar-refractivity contribution in [2.24, 2.45) is 0 Å². The number of hydrogen-bond donors (Lipinski definition) is 0. The van der Waals surface area contributed by atoms with Crippen LogP contribution in [-0.2, 0) is 11.3 Å². The van der Waals surface area contributed by atoms with Crippen LogP contribution in [-0.4, -0.2) is 16.8 Å². The summed E-state index contributed by atoms with van der Waals surface area (Å²) in [4.78, 5) is 0. The van der Waals surface area contributed by atoms with Gasteiger partial charge < -0.3 is 4.74 Å². The van der Waals surface area contributed by atoms with E-state index in [1.807, 2.05) is 31.2 Å². The van der Waals surface area contributed by atoms with Crippen molar-refractivity contribution in [2.45, 2.75) is 19.1 Å². The lowest BCUT2D eigenvalue weighted by atomic mass is 10.2. The monoisotopic (exact) mass is 310 g/mol. The summed E-state index contributed by atoms with van der Waals surface area (Å²) in [5.74, 6) is 0.464. The second kappa shape index (κ2) is 6.09. The van der Waals surface area contributed by atoms with Gasteiger partial charge in [0, 0.05) is 10.4 Å². The number of halogens is 3. The second-order valence-electron chi connectivity index (χ2n) is 3.63. The molecule has 84 valence electrons. The zero-order chi connectivity index (χ0) is 11.3. The minimum absolute atomic E-state index is 0.318. The molecule has 0 aliphatic carbocycles. The fraction of sp³-hybridized carbons (Fsp3) is 0.455. The Morgan fingerprint density at radius 1 is 1.33 bits per heavy atom.